The molecule has 0 saturated carbocycles. The highest BCUT2D eigenvalue weighted by Gasteiger charge is 2.27. The fourth-order valence-corrected chi connectivity index (χ4v) is 1.86. The Kier molecular flexibility index (Phi) is 6.91. The number of hydrogen-bond donors (Lipinski definition) is 1. The lowest BCUT2D eigenvalue weighted by Gasteiger charge is -2.33. The standard InChI is InChI=1S/C11H16N2O.2ClH/c12-11(3-7-14-8-4-11)9-10-1-5-13-6-2-10;;/h1-2,5-6H,3-4,7-9,12H2;2*1H. The van der Waals surface area contributed by atoms with Crippen molar-refractivity contribution in [3.8, 4) is 0 Å². The molecule has 5 heteroatoms. The van der Waals surface area contributed by atoms with Crippen molar-refractivity contribution in [1.29, 1.82) is 0 Å². The van der Waals surface area contributed by atoms with E-state index in [9.17, 15) is 0 Å². The predicted octanol–water partition coefficient (Wildman–Crippen LogP) is 1.98. The molecule has 0 aliphatic carbocycles. The lowest BCUT2D eigenvalue weighted by molar-refractivity contribution is 0.0533. The number of pyridine rings is 1. The van der Waals surface area contributed by atoms with E-state index in [-0.39, 0.29) is 30.4 Å². The second kappa shape index (κ2) is 7.07. The van der Waals surface area contributed by atoms with Crippen LogP contribution in [0.25, 0.3) is 0 Å². The van der Waals surface area contributed by atoms with Gasteiger partial charge in [-0.3, -0.25) is 4.98 Å². The van der Waals surface area contributed by atoms with Gasteiger partial charge < -0.3 is 10.5 Å². The zero-order chi connectivity index (χ0) is 9.86. The normalized spacial score (nSPS) is 18.1. The third-order valence-electron chi connectivity index (χ3n) is 2.79. The van der Waals surface area contributed by atoms with Gasteiger partial charge in [0.15, 0.2) is 0 Å². The van der Waals surface area contributed by atoms with E-state index in [0.29, 0.717) is 0 Å². The topological polar surface area (TPSA) is 48.1 Å². The minimum absolute atomic E-state index is 0. The maximum atomic E-state index is 6.29. The van der Waals surface area contributed by atoms with Gasteiger partial charge in [0.1, 0.15) is 0 Å². The van der Waals surface area contributed by atoms with Gasteiger partial charge >= 0.3 is 0 Å². The first-order valence-electron chi connectivity index (χ1n) is 5.04. The highest BCUT2D eigenvalue weighted by molar-refractivity contribution is 5.85. The summed E-state index contributed by atoms with van der Waals surface area (Å²) in [4.78, 5) is 4.00. The molecular formula is C11H18Cl2N2O. The number of nitrogens with two attached hydrogens (primary N) is 1. The van der Waals surface area contributed by atoms with E-state index < -0.39 is 0 Å². The van der Waals surface area contributed by atoms with Crippen molar-refractivity contribution in [2.24, 2.45) is 5.73 Å². The molecule has 1 saturated heterocycles. The summed E-state index contributed by atoms with van der Waals surface area (Å²) in [6.45, 7) is 1.59. The lowest BCUT2D eigenvalue weighted by Crippen LogP contribution is -2.46. The first-order chi connectivity index (χ1) is 6.79. The predicted molar refractivity (Wildman–Crippen MR) is 69.4 cm³/mol. The van der Waals surface area contributed by atoms with E-state index >= 15 is 0 Å². The van der Waals surface area contributed by atoms with Crippen LogP contribution in [0.1, 0.15) is 18.4 Å². The second-order valence-corrected chi connectivity index (χ2v) is 4.01. The van der Waals surface area contributed by atoms with E-state index in [1.807, 2.05) is 24.5 Å². The van der Waals surface area contributed by atoms with Gasteiger partial charge in [-0.05, 0) is 37.0 Å². The maximum absolute atomic E-state index is 6.29. The van der Waals surface area contributed by atoms with Crippen LogP contribution in [0.15, 0.2) is 24.5 Å². The van der Waals surface area contributed by atoms with Crippen molar-refractivity contribution < 1.29 is 4.74 Å². The third kappa shape index (κ3) is 4.26. The van der Waals surface area contributed by atoms with Crippen molar-refractivity contribution in [2.75, 3.05) is 13.2 Å². The van der Waals surface area contributed by atoms with E-state index in [1.165, 1.54) is 5.56 Å². The zero-order valence-corrected chi connectivity index (χ0v) is 10.7. The van der Waals surface area contributed by atoms with Crippen LogP contribution in [0.2, 0.25) is 0 Å². The first-order valence-corrected chi connectivity index (χ1v) is 5.04. The molecule has 0 unspecified atom stereocenters. The van der Waals surface area contributed by atoms with Crippen molar-refractivity contribution in [3.63, 3.8) is 0 Å². The summed E-state index contributed by atoms with van der Waals surface area (Å²) in [5.74, 6) is 0. The van der Waals surface area contributed by atoms with Crippen molar-refractivity contribution in [3.05, 3.63) is 30.1 Å². The Morgan fingerprint density at radius 2 is 1.75 bits per heavy atom. The monoisotopic (exact) mass is 264 g/mol. The van der Waals surface area contributed by atoms with Crippen molar-refractivity contribution in [1.82, 2.24) is 4.98 Å². The van der Waals surface area contributed by atoms with E-state index in [0.717, 1.165) is 32.5 Å². The number of rotatable bonds is 2. The van der Waals surface area contributed by atoms with Crippen LogP contribution in [0.5, 0.6) is 0 Å². The summed E-state index contributed by atoms with van der Waals surface area (Å²) < 4.78 is 5.31. The molecule has 1 aliphatic heterocycles. The van der Waals surface area contributed by atoms with Crippen LogP contribution in [-0.4, -0.2) is 23.7 Å². The van der Waals surface area contributed by atoms with E-state index in [1.54, 1.807) is 0 Å². The summed E-state index contributed by atoms with van der Waals surface area (Å²) in [5, 5.41) is 0. The van der Waals surface area contributed by atoms with Gasteiger partial charge in [-0.2, -0.15) is 0 Å². The Morgan fingerprint density at radius 1 is 1.19 bits per heavy atom. The van der Waals surface area contributed by atoms with Crippen molar-refractivity contribution >= 4 is 24.8 Å². The Labute approximate surface area is 109 Å². The van der Waals surface area contributed by atoms with E-state index in [4.69, 9.17) is 10.5 Å². The Morgan fingerprint density at radius 3 is 2.31 bits per heavy atom. The highest BCUT2D eigenvalue weighted by Crippen LogP contribution is 2.22. The van der Waals surface area contributed by atoms with Crippen LogP contribution in [0.3, 0.4) is 0 Å². The molecular weight excluding hydrogens is 247 g/mol. The fraction of sp³-hybridized carbons (Fsp3) is 0.545. The average molecular weight is 265 g/mol. The Hall–Kier alpha value is -0.350. The van der Waals surface area contributed by atoms with Gasteiger partial charge in [0.2, 0.25) is 0 Å². The van der Waals surface area contributed by atoms with Gasteiger partial charge in [0.25, 0.3) is 0 Å². The molecule has 92 valence electrons. The molecule has 1 aromatic rings. The molecule has 2 rings (SSSR count). The fourth-order valence-electron chi connectivity index (χ4n) is 1.86. The van der Waals surface area contributed by atoms with Gasteiger partial charge in [-0.25, -0.2) is 0 Å². The van der Waals surface area contributed by atoms with Crippen LogP contribution in [-0.2, 0) is 11.2 Å². The molecule has 2 heterocycles. The molecule has 1 fully saturated rings. The average Bonchev–Trinajstić information content (AvgIpc) is 2.19. The Balaban J connectivity index is 0.00000112. The lowest BCUT2D eigenvalue weighted by atomic mass is 9.85. The van der Waals surface area contributed by atoms with Gasteiger partial charge in [0.05, 0.1) is 0 Å². The SMILES string of the molecule is Cl.Cl.NC1(Cc2ccncc2)CCOCC1. The molecule has 0 radical (unpaired) electrons. The molecule has 0 atom stereocenters. The second-order valence-electron chi connectivity index (χ2n) is 4.01. The molecule has 0 bridgehead atoms. The molecule has 1 aromatic heterocycles. The summed E-state index contributed by atoms with van der Waals surface area (Å²) in [6.07, 6.45) is 6.47. The van der Waals surface area contributed by atoms with Crippen molar-refractivity contribution in [2.45, 2.75) is 24.8 Å². The number of hydrogen-bond acceptors (Lipinski definition) is 3. The Bertz CT molecular complexity index is 289. The summed E-state index contributed by atoms with van der Waals surface area (Å²) in [6, 6.07) is 4.06. The zero-order valence-electron chi connectivity index (χ0n) is 9.09. The molecule has 1 aliphatic rings. The smallest absolute Gasteiger partial charge is 0.0483 e. The van der Waals surface area contributed by atoms with Crippen LogP contribution < -0.4 is 5.73 Å². The van der Waals surface area contributed by atoms with Crippen LogP contribution in [0.4, 0.5) is 0 Å². The maximum Gasteiger partial charge on any atom is 0.0483 e. The van der Waals surface area contributed by atoms with Crippen LogP contribution >= 0.6 is 24.8 Å². The number of nitrogens with zero attached hydrogens (tertiary/aromatic N) is 1. The molecule has 0 spiro atoms. The summed E-state index contributed by atoms with van der Waals surface area (Å²) >= 11 is 0. The third-order valence-corrected chi connectivity index (χ3v) is 2.79. The van der Waals surface area contributed by atoms with E-state index in [2.05, 4.69) is 4.98 Å². The largest absolute Gasteiger partial charge is 0.381 e. The number of ether oxygens (including phenoxy) is 1. The molecule has 16 heavy (non-hydrogen) atoms. The molecule has 0 amide bonds. The van der Waals surface area contributed by atoms with Gasteiger partial charge in [-0.15, -0.1) is 24.8 Å². The number of halogens is 2. The molecule has 0 aromatic carbocycles. The molecule has 2 N–H and O–H groups in total. The van der Waals surface area contributed by atoms with Gasteiger partial charge in [-0.1, -0.05) is 0 Å². The minimum Gasteiger partial charge on any atom is -0.381 e. The van der Waals surface area contributed by atoms with Crippen LogP contribution in [0, 0.1) is 0 Å². The summed E-state index contributed by atoms with van der Waals surface area (Å²) in [7, 11) is 0. The minimum atomic E-state index is -0.0698. The highest BCUT2D eigenvalue weighted by atomic mass is 35.5. The summed E-state index contributed by atoms with van der Waals surface area (Å²) in [5.41, 5.74) is 7.49. The van der Waals surface area contributed by atoms with Gasteiger partial charge in [0, 0.05) is 31.1 Å². The molecule has 3 nitrogen and oxygen atoms in total. The quantitative estimate of drug-likeness (QED) is 0.889. The first kappa shape index (κ1) is 15.7. The number of aromatic nitrogens is 1.